The molecule has 1 aliphatic heterocycles. The molecule has 0 saturated carbocycles. The summed E-state index contributed by atoms with van der Waals surface area (Å²) in [6.45, 7) is 5.01. The second-order valence-corrected chi connectivity index (χ2v) is 20.6. The van der Waals surface area contributed by atoms with Crippen molar-refractivity contribution in [1.29, 1.82) is 0 Å². The normalized spacial score (nSPS) is 13.5. The molecular weight excluding hydrogens is 673 g/mol. The average molecular weight is 705 g/mol. The van der Waals surface area contributed by atoms with Crippen molar-refractivity contribution in [2.24, 2.45) is 0 Å². The monoisotopic (exact) mass is 704 g/mol. The van der Waals surface area contributed by atoms with Gasteiger partial charge in [0, 0.05) is 31.9 Å². The summed E-state index contributed by atoms with van der Waals surface area (Å²) in [5.74, 6) is 0. The van der Waals surface area contributed by atoms with Gasteiger partial charge in [-0.25, -0.2) is 0 Å². The van der Waals surface area contributed by atoms with E-state index in [1.54, 1.807) is 10.4 Å². The quantitative estimate of drug-likeness (QED) is 0.161. The number of hydrogen-bond acceptors (Lipinski definition) is 2. The molecule has 0 radical (unpaired) electrons. The summed E-state index contributed by atoms with van der Waals surface area (Å²) in [6, 6.07) is 58.5. The highest BCUT2D eigenvalue weighted by Gasteiger charge is 2.37. The Hall–Kier alpha value is -5.46. The maximum Gasteiger partial charge on any atom is 0.113 e. The van der Waals surface area contributed by atoms with Gasteiger partial charge in [-0.15, -0.1) is 22.7 Å². The lowest BCUT2D eigenvalue weighted by molar-refractivity contribution is 1.18. The highest BCUT2D eigenvalue weighted by Crippen LogP contribution is 2.47. The summed E-state index contributed by atoms with van der Waals surface area (Å²) in [5, 5.41) is 5.67. The van der Waals surface area contributed by atoms with Gasteiger partial charge in [-0.3, -0.25) is 0 Å². The van der Waals surface area contributed by atoms with Crippen LogP contribution in [0.25, 0.3) is 85.6 Å². The van der Waals surface area contributed by atoms with Gasteiger partial charge in [0.1, 0.15) is 8.07 Å². The molecule has 10 aromatic rings. The van der Waals surface area contributed by atoms with E-state index in [0.717, 1.165) is 0 Å². The first-order chi connectivity index (χ1) is 25.0. The molecule has 0 aliphatic carbocycles. The number of rotatable bonds is 4. The third-order valence-corrected chi connectivity index (χ3v) is 17.0. The summed E-state index contributed by atoms with van der Waals surface area (Å²) >= 11 is 3.86. The van der Waals surface area contributed by atoms with Crippen LogP contribution in [0.1, 0.15) is 0 Å². The summed E-state index contributed by atoms with van der Waals surface area (Å²) < 4.78 is 7.59. The Morgan fingerprint density at radius 3 is 1.65 bits per heavy atom. The zero-order valence-corrected chi connectivity index (χ0v) is 30.9. The zero-order chi connectivity index (χ0) is 33.8. The van der Waals surface area contributed by atoms with Crippen molar-refractivity contribution < 1.29 is 0 Å². The SMILES string of the molecule is C[Si]1(C)c2ccccc2-c2ccc(-c3cc4c(s3)c3sc(-c5ccc6c(c5)c5ccccc5n6-c5ccccc5)cc3n4-c3ccccc3)cc21. The summed E-state index contributed by atoms with van der Waals surface area (Å²) in [6.07, 6.45) is 0. The Bertz CT molecular complexity index is 2990. The number of thiophene rings is 2. The zero-order valence-electron chi connectivity index (χ0n) is 28.2. The van der Waals surface area contributed by atoms with Crippen molar-refractivity contribution in [3.8, 4) is 43.4 Å². The minimum Gasteiger partial charge on any atom is -0.309 e. The van der Waals surface area contributed by atoms with Gasteiger partial charge >= 0.3 is 0 Å². The second-order valence-electron chi connectivity index (χ2n) is 14.2. The lowest BCUT2D eigenvalue weighted by Crippen LogP contribution is -2.49. The first kappa shape index (κ1) is 29.3. The molecule has 1 aliphatic rings. The predicted molar refractivity (Wildman–Crippen MR) is 224 cm³/mol. The third kappa shape index (κ3) is 4.20. The van der Waals surface area contributed by atoms with Crippen LogP contribution in [0.2, 0.25) is 13.1 Å². The van der Waals surface area contributed by atoms with Crippen LogP contribution in [0.15, 0.2) is 158 Å². The van der Waals surface area contributed by atoms with Crippen LogP contribution in [0.5, 0.6) is 0 Å². The van der Waals surface area contributed by atoms with Crippen molar-refractivity contribution in [2.45, 2.75) is 13.1 Å². The van der Waals surface area contributed by atoms with Crippen LogP contribution < -0.4 is 10.4 Å². The standard InChI is InChI=1S/C46H32N2S2Si/c1-51(2)43-20-12-10-18-34(43)35-23-21-30(26-44(35)51)42-28-40-46(50-42)45-39(48(40)32-15-7-4-8-16-32)27-41(49-45)29-22-24-38-36(25-29)33-17-9-11-19-37(33)47(38)31-13-5-3-6-14-31/h3-28H,1-2H3. The maximum atomic E-state index is 2.51. The van der Waals surface area contributed by atoms with Crippen molar-refractivity contribution in [1.82, 2.24) is 9.13 Å². The molecule has 11 rings (SSSR count). The summed E-state index contributed by atoms with van der Waals surface area (Å²) in [7, 11) is -1.76. The Morgan fingerprint density at radius 2 is 0.941 bits per heavy atom. The number of aromatic nitrogens is 2. The molecule has 0 unspecified atom stereocenters. The lowest BCUT2D eigenvalue weighted by Gasteiger charge is -2.19. The fourth-order valence-corrected chi connectivity index (χ4v) is 14.1. The van der Waals surface area contributed by atoms with Crippen molar-refractivity contribution >= 4 is 83.4 Å². The highest BCUT2D eigenvalue weighted by molar-refractivity contribution is 7.30. The van der Waals surface area contributed by atoms with E-state index < -0.39 is 8.07 Å². The minimum absolute atomic E-state index is 1.19. The van der Waals surface area contributed by atoms with Crippen molar-refractivity contribution in [3.05, 3.63) is 158 Å². The molecule has 242 valence electrons. The molecule has 6 aromatic carbocycles. The summed E-state index contributed by atoms with van der Waals surface area (Å²) in [4.78, 5) is 2.63. The molecule has 2 nitrogen and oxygen atoms in total. The van der Waals surface area contributed by atoms with Crippen LogP contribution in [-0.2, 0) is 0 Å². The average Bonchev–Trinajstić information content (AvgIpc) is 3.97. The fourth-order valence-electron chi connectivity index (χ4n) is 8.53. The van der Waals surface area contributed by atoms with E-state index in [4.69, 9.17) is 0 Å². The van der Waals surface area contributed by atoms with E-state index in [0.29, 0.717) is 0 Å². The lowest BCUT2D eigenvalue weighted by atomic mass is 10.0. The maximum absolute atomic E-state index is 2.51. The Kier molecular flexibility index (Phi) is 6.18. The van der Waals surface area contributed by atoms with E-state index in [1.165, 1.54) is 85.6 Å². The van der Waals surface area contributed by atoms with E-state index >= 15 is 0 Å². The Morgan fingerprint density at radius 1 is 0.412 bits per heavy atom. The molecule has 0 fully saturated rings. The van der Waals surface area contributed by atoms with E-state index in [2.05, 4.69) is 180 Å². The number of fused-ring (bicyclic) bond motifs is 9. The molecule has 0 atom stereocenters. The van der Waals surface area contributed by atoms with Gasteiger partial charge in [0.2, 0.25) is 0 Å². The largest absolute Gasteiger partial charge is 0.309 e. The van der Waals surface area contributed by atoms with E-state index in [9.17, 15) is 0 Å². The van der Waals surface area contributed by atoms with E-state index in [1.807, 2.05) is 22.7 Å². The van der Waals surface area contributed by atoms with E-state index in [-0.39, 0.29) is 0 Å². The topological polar surface area (TPSA) is 9.86 Å². The van der Waals surface area contributed by atoms with Crippen LogP contribution in [0, 0.1) is 0 Å². The summed E-state index contributed by atoms with van der Waals surface area (Å²) in [5.41, 5.74) is 12.9. The van der Waals surface area contributed by atoms with Gasteiger partial charge < -0.3 is 9.13 Å². The molecule has 5 heterocycles. The van der Waals surface area contributed by atoms with Crippen molar-refractivity contribution in [3.63, 3.8) is 0 Å². The molecule has 4 aromatic heterocycles. The number of nitrogens with zero attached hydrogens (tertiary/aromatic N) is 2. The molecular formula is C46H32N2S2Si. The molecule has 0 bridgehead atoms. The van der Waals surface area contributed by atoms with Crippen LogP contribution >= 0.6 is 22.7 Å². The van der Waals surface area contributed by atoms with Gasteiger partial charge in [-0.2, -0.15) is 0 Å². The minimum atomic E-state index is -1.76. The van der Waals surface area contributed by atoms with Gasteiger partial charge in [-0.05, 0) is 87.2 Å². The van der Waals surface area contributed by atoms with Crippen LogP contribution in [0.4, 0.5) is 0 Å². The number of benzene rings is 6. The van der Waals surface area contributed by atoms with Gasteiger partial charge in [0.05, 0.1) is 31.5 Å². The number of para-hydroxylation sites is 3. The smallest absolute Gasteiger partial charge is 0.113 e. The Labute approximate surface area is 305 Å². The molecule has 0 amide bonds. The van der Waals surface area contributed by atoms with Crippen molar-refractivity contribution in [2.75, 3.05) is 0 Å². The van der Waals surface area contributed by atoms with Crippen LogP contribution in [-0.4, -0.2) is 17.2 Å². The Balaban J connectivity index is 1.09. The molecule has 51 heavy (non-hydrogen) atoms. The van der Waals surface area contributed by atoms with Crippen LogP contribution in [0.3, 0.4) is 0 Å². The number of hydrogen-bond donors (Lipinski definition) is 0. The van der Waals surface area contributed by atoms with Gasteiger partial charge in [0.15, 0.2) is 0 Å². The molecule has 0 N–H and O–H groups in total. The fraction of sp³-hybridized carbons (Fsp3) is 0.0435. The first-order valence-corrected chi connectivity index (χ1v) is 22.1. The molecule has 5 heteroatoms. The predicted octanol–water partition coefficient (Wildman–Crippen LogP) is 12.1. The molecule has 0 saturated heterocycles. The highest BCUT2D eigenvalue weighted by atomic mass is 32.1. The van der Waals surface area contributed by atoms with Gasteiger partial charge in [0.25, 0.3) is 0 Å². The third-order valence-electron chi connectivity index (χ3n) is 11.0. The molecule has 0 spiro atoms. The first-order valence-electron chi connectivity index (χ1n) is 17.5. The van der Waals surface area contributed by atoms with Gasteiger partial charge in [-0.1, -0.05) is 116 Å². The second kappa shape index (κ2) is 10.8.